The number of piperidine rings is 1. The molecule has 1 aliphatic rings. The van der Waals surface area contributed by atoms with Crippen molar-refractivity contribution in [1.82, 2.24) is 14.7 Å². The predicted octanol–water partition coefficient (Wildman–Crippen LogP) is 1.42. The third-order valence-corrected chi connectivity index (χ3v) is 3.39. The van der Waals surface area contributed by atoms with Crippen LogP contribution in [0.3, 0.4) is 0 Å². The van der Waals surface area contributed by atoms with Gasteiger partial charge in [-0.3, -0.25) is 9.48 Å². The number of likely N-dealkylation sites (tertiary alicyclic amines) is 1. The number of halogens is 3. The molecule has 1 fully saturated rings. The third-order valence-electron chi connectivity index (χ3n) is 3.39. The van der Waals surface area contributed by atoms with Gasteiger partial charge in [0, 0.05) is 20.1 Å². The molecule has 106 valence electrons. The summed E-state index contributed by atoms with van der Waals surface area (Å²) in [6.07, 6.45) is -2.57. The molecule has 1 aromatic rings. The molecule has 1 unspecified atom stereocenters. The molecule has 19 heavy (non-hydrogen) atoms. The number of hydrogen-bond donors (Lipinski definition) is 1. The van der Waals surface area contributed by atoms with Gasteiger partial charge in [-0.15, -0.1) is 0 Å². The molecule has 2 heterocycles. The molecule has 1 saturated heterocycles. The lowest BCUT2D eigenvalue weighted by Gasteiger charge is -2.33. The molecule has 5 nitrogen and oxygen atoms in total. The summed E-state index contributed by atoms with van der Waals surface area (Å²) in [5.74, 6) is -1.78. The number of carbonyl (C=O) groups excluding carboxylic acids is 1. The summed E-state index contributed by atoms with van der Waals surface area (Å²) >= 11 is 0. The number of carbonyl (C=O) groups is 1. The van der Waals surface area contributed by atoms with Crippen molar-refractivity contribution in [2.24, 2.45) is 13.0 Å². The van der Waals surface area contributed by atoms with E-state index < -0.39 is 18.0 Å². The number of hydrogen-bond acceptors (Lipinski definition) is 3. The van der Waals surface area contributed by atoms with Crippen LogP contribution in [0, 0.1) is 5.92 Å². The monoisotopic (exact) mass is 276 g/mol. The van der Waals surface area contributed by atoms with Crippen molar-refractivity contribution in [1.29, 1.82) is 0 Å². The molecule has 8 heteroatoms. The number of rotatable bonds is 1. The first-order valence-electron chi connectivity index (χ1n) is 5.94. The number of nitrogens with two attached hydrogens (primary N) is 1. The number of nitrogens with zero attached hydrogens (tertiary/aromatic N) is 3. The Hall–Kier alpha value is -1.73. The maximum Gasteiger partial charge on any atom is 0.393 e. The number of alkyl halides is 3. The van der Waals surface area contributed by atoms with Gasteiger partial charge in [-0.1, -0.05) is 0 Å². The molecule has 0 spiro atoms. The van der Waals surface area contributed by atoms with Crippen molar-refractivity contribution in [2.75, 3.05) is 18.8 Å². The highest BCUT2D eigenvalue weighted by Gasteiger charge is 2.43. The zero-order chi connectivity index (χ0) is 14.2. The average molecular weight is 276 g/mol. The van der Waals surface area contributed by atoms with E-state index in [4.69, 9.17) is 5.73 Å². The van der Waals surface area contributed by atoms with E-state index in [0.29, 0.717) is 13.0 Å². The minimum atomic E-state index is -4.26. The molecule has 0 aromatic carbocycles. The Morgan fingerprint density at radius 3 is 2.74 bits per heavy atom. The highest BCUT2D eigenvalue weighted by atomic mass is 19.4. The summed E-state index contributed by atoms with van der Waals surface area (Å²) in [6.45, 7) is 0.0103. The van der Waals surface area contributed by atoms with Crippen LogP contribution < -0.4 is 5.73 Å². The fourth-order valence-corrected chi connectivity index (χ4v) is 2.21. The minimum Gasteiger partial charge on any atom is -0.383 e. The molecule has 0 bridgehead atoms. The maximum absolute atomic E-state index is 12.7. The van der Waals surface area contributed by atoms with Crippen LogP contribution in [-0.2, 0) is 7.05 Å². The molecule has 2 rings (SSSR count). The number of anilines is 1. The first-order chi connectivity index (χ1) is 8.80. The summed E-state index contributed by atoms with van der Waals surface area (Å²) in [5, 5.41) is 3.82. The van der Waals surface area contributed by atoms with Crippen LogP contribution in [0.2, 0.25) is 0 Å². The van der Waals surface area contributed by atoms with E-state index in [2.05, 4.69) is 5.10 Å². The average Bonchev–Trinajstić information content (AvgIpc) is 2.68. The Balaban J connectivity index is 2.14. The molecule has 1 aliphatic heterocycles. The largest absolute Gasteiger partial charge is 0.393 e. The fourth-order valence-electron chi connectivity index (χ4n) is 2.21. The Kier molecular flexibility index (Phi) is 3.42. The molecular formula is C11H15F3N4O. The zero-order valence-corrected chi connectivity index (χ0v) is 10.4. The second-order valence-electron chi connectivity index (χ2n) is 4.70. The van der Waals surface area contributed by atoms with E-state index in [-0.39, 0.29) is 24.3 Å². The van der Waals surface area contributed by atoms with Crippen molar-refractivity contribution >= 4 is 11.7 Å². The lowest BCUT2D eigenvalue weighted by molar-refractivity contribution is -0.184. The smallest absolute Gasteiger partial charge is 0.383 e. The topological polar surface area (TPSA) is 64.2 Å². The van der Waals surface area contributed by atoms with Gasteiger partial charge in [0.25, 0.3) is 5.91 Å². The van der Waals surface area contributed by atoms with Crippen LogP contribution in [0.1, 0.15) is 23.2 Å². The van der Waals surface area contributed by atoms with Gasteiger partial charge in [0.1, 0.15) is 11.4 Å². The number of aryl methyl sites for hydroxylation is 1. The SMILES string of the molecule is Cn1ncc(C(=O)N2CCCC(C(F)(F)F)C2)c1N. The van der Waals surface area contributed by atoms with Crippen LogP contribution in [0.5, 0.6) is 0 Å². The van der Waals surface area contributed by atoms with Gasteiger partial charge in [0.2, 0.25) is 0 Å². The number of aromatic nitrogens is 2. The summed E-state index contributed by atoms with van der Waals surface area (Å²) in [6, 6.07) is 0. The number of amides is 1. The van der Waals surface area contributed by atoms with E-state index in [0.717, 1.165) is 0 Å². The summed E-state index contributed by atoms with van der Waals surface area (Å²) in [5.41, 5.74) is 5.82. The molecule has 1 aromatic heterocycles. The molecule has 0 radical (unpaired) electrons. The van der Waals surface area contributed by atoms with Crippen LogP contribution in [-0.4, -0.2) is 39.9 Å². The van der Waals surface area contributed by atoms with Crippen LogP contribution >= 0.6 is 0 Å². The summed E-state index contributed by atoms with van der Waals surface area (Å²) in [4.78, 5) is 13.3. The standard InChI is InChI=1S/C11H15F3N4O/c1-17-9(15)8(5-16-17)10(19)18-4-2-3-7(6-18)11(12,13)14/h5,7H,2-4,6,15H2,1H3. The normalized spacial score (nSPS) is 20.6. The molecule has 1 amide bonds. The van der Waals surface area contributed by atoms with E-state index in [9.17, 15) is 18.0 Å². The van der Waals surface area contributed by atoms with Crippen LogP contribution in [0.25, 0.3) is 0 Å². The predicted molar refractivity (Wildman–Crippen MR) is 62.3 cm³/mol. The van der Waals surface area contributed by atoms with Crippen molar-refractivity contribution in [2.45, 2.75) is 19.0 Å². The second kappa shape index (κ2) is 4.75. The van der Waals surface area contributed by atoms with Gasteiger partial charge in [0.15, 0.2) is 0 Å². The lowest BCUT2D eigenvalue weighted by atomic mass is 9.97. The van der Waals surface area contributed by atoms with Crippen LogP contribution in [0.4, 0.5) is 19.0 Å². The fraction of sp³-hybridized carbons (Fsp3) is 0.636. The zero-order valence-electron chi connectivity index (χ0n) is 10.4. The molecule has 1 atom stereocenters. The van der Waals surface area contributed by atoms with Gasteiger partial charge in [-0.05, 0) is 12.8 Å². The Morgan fingerprint density at radius 2 is 2.21 bits per heavy atom. The highest BCUT2D eigenvalue weighted by Crippen LogP contribution is 2.33. The Morgan fingerprint density at radius 1 is 1.53 bits per heavy atom. The van der Waals surface area contributed by atoms with Crippen molar-refractivity contribution in [3.8, 4) is 0 Å². The second-order valence-corrected chi connectivity index (χ2v) is 4.70. The van der Waals surface area contributed by atoms with E-state index in [1.54, 1.807) is 7.05 Å². The van der Waals surface area contributed by atoms with Gasteiger partial charge in [0.05, 0.1) is 12.1 Å². The van der Waals surface area contributed by atoms with E-state index in [1.807, 2.05) is 0 Å². The van der Waals surface area contributed by atoms with E-state index >= 15 is 0 Å². The molecular weight excluding hydrogens is 261 g/mol. The Bertz CT molecular complexity index is 483. The Labute approximate surface area is 108 Å². The third kappa shape index (κ3) is 2.66. The van der Waals surface area contributed by atoms with Gasteiger partial charge in [-0.2, -0.15) is 18.3 Å². The highest BCUT2D eigenvalue weighted by molar-refractivity contribution is 5.98. The van der Waals surface area contributed by atoms with Crippen molar-refractivity contribution < 1.29 is 18.0 Å². The van der Waals surface area contributed by atoms with Gasteiger partial charge >= 0.3 is 6.18 Å². The molecule has 0 aliphatic carbocycles. The minimum absolute atomic E-state index is 0.0653. The molecule has 0 saturated carbocycles. The van der Waals surface area contributed by atoms with E-state index in [1.165, 1.54) is 15.8 Å². The van der Waals surface area contributed by atoms with Crippen LogP contribution in [0.15, 0.2) is 6.20 Å². The van der Waals surface area contributed by atoms with Gasteiger partial charge in [-0.25, -0.2) is 0 Å². The quantitative estimate of drug-likeness (QED) is 0.843. The maximum atomic E-state index is 12.7. The van der Waals surface area contributed by atoms with Crippen molar-refractivity contribution in [3.05, 3.63) is 11.8 Å². The summed E-state index contributed by atoms with van der Waals surface area (Å²) in [7, 11) is 1.57. The van der Waals surface area contributed by atoms with Crippen molar-refractivity contribution in [3.63, 3.8) is 0 Å². The lowest BCUT2D eigenvalue weighted by Crippen LogP contribution is -2.44. The first-order valence-corrected chi connectivity index (χ1v) is 5.94. The summed E-state index contributed by atoms with van der Waals surface area (Å²) < 4.78 is 39.4. The first kappa shape index (κ1) is 13.7. The van der Waals surface area contributed by atoms with Gasteiger partial charge < -0.3 is 10.6 Å². The number of nitrogen functional groups attached to an aromatic ring is 1. The molecule has 2 N–H and O–H groups in total.